The molecule has 0 bridgehead atoms. The second kappa shape index (κ2) is 9.40. The third-order valence-corrected chi connectivity index (χ3v) is 7.01. The first-order valence-corrected chi connectivity index (χ1v) is 11.7. The quantitative estimate of drug-likeness (QED) is 0.351. The summed E-state index contributed by atoms with van der Waals surface area (Å²) in [4.78, 5) is 2.17. The van der Waals surface area contributed by atoms with Crippen LogP contribution in [0.4, 0.5) is 13.2 Å². The van der Waals surface area contributed by atoms with Gasteiger partial charge in [0.05, 0.1) is 14.2 Å². The van der Waals surface area contributed by atoms with Crippen molar-refractivity contribution < 1.29 is 31.1 Å². The molecule has 0 fully saturated rings. The molecule has 0 aliphatic heterocycles. The van der Waals surface area contributed by atoms with Crippen LogP contribution in [0, 0.1) is 17.5 Å². The van der Waals surface area contributed by atoms with Crippen molar-refractivity contribution in [2.24, 2.45) is 0 Å². The fourth-order valence-corrected chi connectivity index (χ4v) is 5.06. The number of aromatic amines is 1. The second-order valence-electron chi connectivity index (χ2n) is 7.45. The fraction of sp³-hybridized carbons (Fsp3) is 0.167. The van der Waals surface area contributed by atoms with Gasteiger partial charge in [0.15, 0.2) is 29.0 Å². The first-order valence-electron chi connectivity index (χ1n) is 10.2. The summed E-state index contributed by atoms with van der Waals surface area (Å²) in [5, 5.41) is 0.843. The van der Waals surface area contributed by atoms with E-state index in [1.54, 1.807) is 24.4 Å². The number of methoxy groups -OCH3 is 2. The van der Waals surface area contributed by atoms with Crippen molar-refractivity contribution in [3.05, 3.63) is 89.4 Å². The topological polar surface area (TPSA) is 80.4 Å². The van der Waals surface area contributed by atoms with Crippen molar-refractivity contribution in [2.75, 3.05) is 20.8 Å². The predicted molar refractivity (Wildman–Crippen MR) is 121 cm³/mol. The maximum absolute atomic E-state index is 14.2. The van der Waals surface area contributed by atoms with Gasteiger partial charge in [-0.3, -0.25) is 0 Å². The lowest BCUT2D eigenvalue weighted by molar-refractivity contribution is 0.350. The molecule has 3 aromatic carbocycles. The molecule has 0 amide bonds. The van der Waals surface area contributed by atoms with E-state index >= 15 is 0 Å². The highest BCUT2D eigenvalue weighted by Crippen LogP contribution is 2.40. The Bertz CT molecular complexity index is 1450. The van der Waals surface area contributed by atoms with Crippen molar-refractivity contribution in [1.82, 2.24) is 9.71 Å². The van der Waals surface area contributed by atoms with Crippen LogP contribution in [-0.4, -0.2) is 34.2 Å². The number of nitrogens with one attached hydrogen (secondary N) is 2. The molecule has 34 heavy (non-hydrogen) atoms. The molecule has 1 aromatic heterocycles. The molecule has 0 aliphatic rings. The highest BCUT2D eigenvalue weighted by molar-refractivity contribution is 7.89. The number of fused-ring (bicyclic) bond motifs is 1. The van der Waals surface area contributed by atoms with Crippen LogP contribution in [0.3, 0.4) is 0 Å². The summed E-state index contributed by atoms with van der Waals surface area (Å²) in [5.41, 5.74) is 2.19. The third kappa shape index (κ3) is 4.22. The highest BCUT2D eigenvalue weighted by atomic mass is 32.2. The van der Waals surface area contributed by atoms with Gasteiger partial charge in [0.1, 0.15) is 4.90 Å². The van der Waals surface area contributed by atoms with Crippen molar-refractivity contribution in [3.8, 4) is 11.5 Å². The van der Waals surface area contributed by atoms with E-state index in [0.29, 0.717) is 29.2 Å². The maximum Gasteiger partial charge on any atom is 0.243 e. The Morgan fingerprint density at radius 1 is 0.912 bits per heavy atom. The summed E-state index contributed by atoms with van der Waals surface area (Å²) >= 11 is 0. The summed E-state index contributed by atoms with van der Waals surface area (Å²) in [6.07, 6.45) is 1.75. The van der Waals surface area contributed by atoms with Gasteiger partial charge < -0.3 is 14.5 Å². The predicted octanol–water partition coefficient (Wildman–Crippen LogP) is 4.71. The molecule has 0 spiro atoms. The van der Waals surface area contributed by atoms with E-state index < -0.39 is 38.3 Å². The number of hydrogen-bond acceptors (Lipinski definition) is 4. The number of benzene rings is 3. The molecule has 0 unspecified atom stereocenters. The number of H-pyrrole nitrogens is 1. The van der Waals surface area contributed by atoms with Crippen LogP contribution >= 0.6 is 0 Å². The number of halogens is 3. The van der Waals surface area contributed by atoms with Gasteiger partial charge in [-0.2, -0.15) is 0 Å². The van der Waals surface area contributed by atoms with Crippen LogP contribution in [0.25, 0.3) is 10.9 Å². The lowest BCUT2D eigenvalue weighted by Gasteiger charge is -2.22. The molecule has 10 heteroatoms. The first kappa shape index (κ1) is 23.7. The second-order valence-corrected chi connectivity index (χ2v) is 9.19. The minimum atomic E-state index is -4.53. The molecule has 1 atom stereocenters. The van der Waals surface area contributed by atoms with Crippen molar-refractivity contribution >= 4 is 20.9 Å². The van der Waals surface area contributed by atoms with E-state index in [4.69, 9.17) is 9.47 Å². The Balaban J connectivity index is 1.80. The lowest BCUT2D eigenvalue weighted by Crippen LogP contribution is -2.30. The smallest absolute Gasteiger partial charge is 0.243 e. The molecule has 0 radical (unpaired) electrons. The SMILES string of the molecule is COc1cccc([C@H](CNS(=O)(=O)c2ccc(F)c(F)c2F)c2c[nH]c3ccccc23)c1OC. The van der Waals surface area contributed by atoms with E-state index in [0.717, 1.165) is 16.5 Å². The zero-order valence-corrected chi connectivity index (χ0v) is 19.0. The Morgan fingerprint density at radius 2 is 1.68 bits per heavy atom. The van der Waals surface area contributed by atoms with E-state index in [-0.39, 0.29) is 6.54 Å². The number of ether oxygens (including phenoxy) is 2. The summed E-state index contributed by atoms with van der Waals surface area (Å²) in [7, 11) is -1.58. The van der Waals surface area contributed by atoms with E-state index in [2.05, 4.69) is 9.71 Å². The van der Waals surface area contributed by atoms with Gasteiger partial charge >= 0.3 is 0 Å². The summed E-state index contributed by atoms with van der Waals surface area (Å²) in [6, 6.07) is 13.9. The summed E-state index contributed by atoms with van der Waals surface area (Å²) in [5.74, 6) is -4.88. The number of aromatic nitrogens is 1. The summed E-state index contributed by atoms with van der Waals surface area (Å²) in [6.45, 7) is -0.230. The zero-order chi connectivity index (χ0) is 24.5. The first-order chi connectivity index (χ1) is 16.3. The molecule has 4 aromatic rings. The Labute approximate surface area is 194 Å². The summed E-state index contributed by atoms with van der Waals surface area (Å²) < 4.78 is 80.2. The van der Waals surface area contributed by atoms with Gasteiger partial charge in [0, 0.05) is 35.1 Å². The van der Waals surface area contributed by atoms with Gasteiger partial charge in [0.25, 0.3) is 0 Å². The minimum absolute atomic E-state index is 0.230. The van der Waals surface area contributed by atoms with Crippen LogP contribution in [-0.2, 0) is 10.0 Å². The minimum Gasteiger partial charge on any atom is -0.493 e. The van der Waals surface area contributed by atoms with Crippen LogP contribution in [0.2, 0.25) is 0 Å². The molecule has 1 heterocycles. The molecule has 0 saturated carbocycles. The van der Waals surface area contributed by atoms with Crippen LogP contribution in [0.1, 0.15) is 17.0 Å². The number of hydrogen-bond donors (Lipinski definition) is 2. The van der Waals surface area contributed by atoms with Crippen LogP contribution in [0.15, 0.2) is 65.7 Å². The van der Waals surface area contributed by atoms with Crippen LogP contribution < -0.4 is 14.2 Å². The molecule has 0 aliphatic carbocycles. The van der Waals surface area contributed by atoms with Crippen LogP contribution in [0.5, 0.6) is 11.5 Å². The number of sulfonamides is 1. The van der Waals surface area contributed by atoms with Gasteiger partial charge in [-0.25, -0.2) is 26.3 Å². The van der Waals surface area contributed by atoms with E-state index in [1.807, 2.05) is 24.3 Å². The zero-order valence-electron chi connectivity index (χ0n) is 18.2. The normalized spacial score (nSPS) is 12.6. The monoisotopic (exact) mass is 490 g/mol. The Kier molecular flexibility index (Phi) is 6.54. The molecular formula is C24H21F3N2O4S. The highest BCUT2D eigenvalue weighted by Gasteiger charge is 2.28. The van der Waals surface area contributed by atoms with Gasteiger partial charge in [-0.1, -0.05) is 30.3 Å². The average Bonchev–Trinajstić information content (AvgIpc) is 3.26. The van der Waals surface area contributed by atoms with Crippen molar-refractivity contribution in [1.29, 1.82) is 0 Å². The number of para-hydroxylation sites is 2. The molecular weight excluding hydrogens is 469 g/mol. The Morgan fingerprint density at radius 3 is 2.41 bits per heavy atom. The van der Waals surface area contributed by atoms with Gasteiger partial charge in [-0.05, 0) is 29.8 Å². The molecule has 178 valence electrons. The maximum atomic E-state index is 14.2. The Hall–Kier alpha value is -3.50. The third-order valence-electron chi connectivity index (χ3n) is 5.57. The van der Waals surface area contributed by atoms with Gasteiger partial charge in [-0.15, -0.1) is 0 Å². The fourth-order valence-electron chi connectivity index (χ4n) is 3.94. The van der Waals surface area contributed by atoms with Crippen molar-refractivity contribution in [2.45, 2.75) is 10.8 Å². The van der Waals surface area contributed by atoms with Crippen molar-refractivity contribution in [3.63, 3.8) is 0 Å². The standard InChI is InChI=1S/C24H21F3N2O4S/c1-32-20-9-5-7-15(24(20)33-2)17(16-12-28-19-8-4-3-6-14(16)19)13-29-34(30,31)21-11-10-18(25)22(26)23(21)27/h3-12,17,28-29H,13H2,1-2H3/t17-/m0/s1. The molecule has 4 rings (SSSR count). The lowest BCUT2D eigenvalue weighted by atomic mass is 9.90. The van der Waals surface area contributed by atoms with E-state index in [9.17, 15) is 21.6 Å². The molecule has 6 nitrogen and oxygen atoms in total. The number of rotatable bonds is 8. The van der Waals surface area contributed by atoms with Gasteiger partial charge in [0.2, 0.25) is 10.0 Å². The molecule has 0 saturated heterocycles. The average molecular weight is 491 g/mol. The molecule has 2 N–H and O–H groups in total. The largest absolute Gasteiger partial charge is 0.493 e. The van der Waals surface area contributed by atoms with E-state index in [1.165, 1.54) is 14.2 Å².